The zero-order valence-corrected chi connectivity index (χ0v) is 15.2. The Hall–Kier alpha value is -2.11. The minimum absolute atomic E-state index is 0.278. The minimum Gasteiger partial charge on any atom is -0.467 e. The van der Waals surface area contributed by atoms with Gasteiger partial charge < -0.3 is 15.4 Å². The Balaban J connectivity index is 2.60. The number of amides is 2. The summed E-state index contributed by atoms with van der Waals surface area (Å²) in [6, 6.07) is 4.93. The van der Waals surface area contributed by atoms with Gasteiger partial charge in [0.2, 0.25) is 5.69 Å². The predicted octanol–water partition coefficient (Wildman–Crippen LogP) is 2.16. The van der Waals surface area contributed by atoms with Crippen molar-refractivity contribution in [2.75, 3.05) is 7.11 Å². The molecule has 24 heavy (non-hydrogen) atoms. The highest BCUT2D eigenvalue weighted by Gasteiger charge is 2.22. The third-order valence-corrected chi connectivity index (χ3v) is 3.72. The predicted molar refractivity (Wildman–Crippen MR) is 92.2 cm³/mol. The zero-order chi connectivity index (χ0) is 17.9. The summed E-state index contributed by atoms with van der Waals surface area (Å²) in [5.74, 6) is -0.142. The van der Waals surface area contributed by atoms with Crippen molar-refractivity contribution in [3.8, 4) is 0 Å². The number of rotatable bonds is 9. The second-order valence-corrected chi connectivity index (χ2v) is 6.27. The van der Waals surface area contributed by atoms with Crippen LogP contribution in [0, 0.1) is 5.92 Å². The van der Waals surface area contributed by atoms with Gasteiger partial charge in [-0.25, -0.2) is 14.2 Å². The number of nitrogens with one attached hydrogen (secondary N) is 2. The van der Waals surface area contributed by atoms with Gasteiger partial charge in [-0.05, 0) is 12.3 Å². The maximum atomic E-state index is 12.1. The van der Waals surface area contributed by atoms with Crippen molar-refractivity contribution >= 4 is 12.0 Å². The van der Waals surface area contributed by atoms with Crippen molar-refractivity contribution in [2.45, 2.75) is 59.2 Å². The number of unbranched alkanes of at least 4 members (excludes halogenated alkanes) is 1. The zero-order valence-electron chi connectivity index (χ0n) is 15.2. The van der Waals surface area contributed by atoms with Crippen LogP contribution in [0.3, 0.4) is 0 Å². The van der Waals surface area contributed by atoms with E-state index >= 15 is 0 Å². The fraction of sp³-hybridized carbons (Fsp3) is 0.611. The molecular weight excluding hydrogens is 306 g/mol. The Bertz CT molecular complexity index is 532. The Labute approximate surface area is 144 Å². The van der Waals surface area contributed by atoms with E-state index in [2.05, 4.69) is 22.1 Å². The molecule has 0 saturated carbocycles. The molecule has 0 aliphatic rings. The molecular formula is C18H30N3O3+. The summed E-state index contributed by atoms with van der Waals surface area (Å²) in [5.41, 5.74) is 1.03. The van der Waals surface area contributed by atoms with E-state index in [9.17, 15) is 9.59 Å². The highest BCUT2D eigenvalue weighted by Crippen LogP contribution is 2.06. The molecule has 1 heterocycles. The van der Waals surface area contributed by atoms with Crippen LogP contribution in [-0.4, -0.2) is 25.2 Å². The summed E-state index contributed by atoms with van der Waals surface area (Å²) in [6.45, 7) is 7.48. The number of esters is 1. The van der Waals surface area contributed by atoms with Gasteiger partial charge in [-0.2, -0.15) is 0 Å². The fourth-order valence-electron chi connectivity index (χ4n) is 2.43. The highest BCUT2D eigenvalue weighted by atomic mass is 16.5. The van der Waals surface area contributed by atoms with Gasteiger partial charge in [0.25, 0.3) is 0 Å². The summed E-state index contributed by atoms with van der Waals surface area (Å²) >= 11 is 0. The summed E-state index contributed by atoms with van der Waals surface area (Å²) in [6.07, 6.45) is 4.76. The van der Waals surface area contributed by atoms with E-state index in [1.165, 1.54) is 7.11 Å². The summed E-state index contributed by atoms with van der Waals surface area (Å²) in [5, 5.41) is 5.52. The van der Waals surface area contributed by atoms with Crippen LogP contribution in [0.5, 0.6) is 0 Å². The number of methoxy groups -OCH3 is 1. The first-order valence-electron chi connectivity index (χ1n) is 8.57. The monoisotopic (exact) mass is 336 g/mol. The van der Waals surface area contributed by atoms with Crippen LogP contribution < -0.4 is 15.2 Å². The molecule has 0 bridgehead atoms. The normalized spacial score (nSPS) is 11.9. The molecule has 0 aliphatic heterocycles. The average Bonchev–Trinajstić information content (AvgIpc) is 2.57. The maximum Gasteiger partial charge on any atom is 0.328 e. The second-order valence-electron chi connectivity index (χ2n) is 6.27. The summed E-state index contributed by atoms with van der Waals surface area (Å²) in [7, 11) is 1.33. The molecule has 0 spiro atoms. The Kier molecular flexibility index (Phi) is 8.83. The van der Waals surface area contributed by atoms with Gasteiger partial charge in [-0.3, -0.25) is 0 Å². The topological polar surface area (TPSA) is 71.3 Å². The Morgan fingerprint density at radius 1 is 1.29 bits per heavy atom. The lowest BCUT2D eigenvalue weighted by atomic mass is 10.0. The first kappa shape index (κ1) is 19.9. The molecule has 0 aromatic carbocycles. The van der Waals surface area contributed by atoms with E-state index in [1.54, 1.807) is 0 Å². The lowest BCUT2D eigenvalue weighted by molar-refractivity contribution is -0.704. The Morgan fingerprint density at radius 2 is 2.04 bits per heavy atom. The highest BCUT2D eigenvalue weighted by molar-refractivity contribution is 5.83. The smallest absolute Gasteiger partial charge is 0.328 e. The van der Waals surface area contributed by atoms with Crippen LogP contribution in [-0.2, 0) is 22.6 Å². The van der Waals surface area contributed by atoms with Crippen molar-refractivity contribution in [2.24, 2.45) is 5.92 Å². The van der Waals surface area contributed by atoms with E-state index in [1.807, 2.05) is 38.2 Å². The summed E-state index contributed by atoms with van der Waals surface area (Å²) in [4.78, 5) is 23.9. The van der Waals surface area contributed by atoms with Crippen molar-refractivity contribution in [3.05, 3.63) is 30.1 Å². The number of aromatic nitrogens is 1. The molecule has 6 heteroatoms. The van der Waals surface area contributed by atoms with Crippen molar-refractivity contribution in [1.29, 1.82) is 0 Å². The minimum atomic E-state index is -0.627. The molecule has 2 amide bonds. The van der Waals surface area contributed by atoms with Crippen LogP contribution in [0.4, 0.5) is 4.79 Å². The van der Waals surface area contributed by atoms with Crippen LogP contribution in [0.1, 0.15) is 45.7 Å². The van der Waals surface area contributed by atoms with Gasteiger partial charge in [-0.15, -0.1) is 0 Å². The van der Waals surface area contributed by atoms with Gasteiger partial charge in [-0.1, -0.05) is 33.3 Å². The summed E-state index contributed by atoms with van der Waals surface area (Å²) < 4.78 is 6.89. The number of urea groups is 1. The molecule has 0 radical (unpaired) electrons. The van der Waals surface area contributed by atoms with Crippen LogP contribution in [0.25, 0.3) is 0 Å². The number of hydrogen-bond donors (Lipinski definition) is 2. The average molecular weight is 336 g/mol. The van der Waals surface area contributed by atoms with Crippen LogP contribution in [0.2, 0.25) is 0 Å². The number of ether oxygens (including phenoxy) is 1. The molecule has 2 N–H and O–H groups in total. The van der Waals surface area contributed by atoms with Gasteiger partial charge >= 0.3 is 12.0 Å². The quantitative estimate of drug-likeness (QED) is 0.536. The molecule has 134 valence electrons. The third-order valence-electron chi connectivity index (χ3n) is 3.72. The Morgan fingerprint density at radius 3 is 2.67 bits per heavy atom. The molecule has 0 saturated heterocycles. The standard InChI is InChI=1S/C18H29N3O3/c1-5-6-10-21-11-8-7-9-15(21)13-19-18(23)20-16(12-14(2)3)17(22)24-4/h7-9,11,14,16H,5-6,10,12-13H2,1-4H3,(H-,19,20,23)/p+1/t16-/m0/s1. The van der Waals surface area contributed by atoms with E-state index in [0.29, 0.717) is 13.0 Å². The molecule has 0 fully saturated rings. The van der Waals surface area contributed by atoms with Crippen LogP contribution >= 0.6 is 0 Å². The number of nitrogens with zero attached hydrogens (tertiary/aromatic N) is 1. The van der Waals surface area contributed by atoms with E-state index in [4.69, 9.17) is 4.74 Å². The molecule has 6 nitrogen and oxygen atoms in total. The maximum absolute atomic E-state index is 12.1. The van der Waals surface area contributed by atoms with Gasteiger partial charge in [0.15, 0.2) is 6.20 Å². The first-order chi connectivity index (χ1) is 11.5. The van der Waals surface area contributed by atoms with E-state index in [0.717, 1.165) is 25.1 Å². The van der Waals surface area contributed by atoms with Crippen molar-refractivity contribution in [1.82, 2.24) is 10.6 Å². The van der Waals surface area contributed by atoms with Gasteiger partial charge in [0.1, 0.15) is 19.1 Å². The lowest BCUT2D eigenvalue weighted by Crippen LogP contribution is -2.48. The first-order valence-corrected chi connectivity index (χ1v) is 8.57. The molecule has 0 unspecified atom stereocenters. The van der Waals surface area contributed by atoms with Crippen molar-refractivity contribution < 1.29 is 18.9 Å². The molecule has 1 atom stereocenters. The van der Waals surface area contributed by atoms with Gasteiger partial charge in [0, 0.05) is 18.6 Å². The molecule has 1 aromatic rings. The molecule has 0 aliphatic carbocycles. The number of pyridine rings is 1. The fourth-order valence-corrected chi connectivity index (χ4v) is 2.43. The number of carbonyl (C=O) groups excluding carboxylic acids is 2. The third kappa shape index (κ3) is 6.98. The lowest BCUT2D eigenvalue weighted by Gasteiger charge is -2.18. The number of carbonyl (C=O) groups is 2. The largest absolute Gasteiger partial charge is 0.467 e. The molecule has 1 rings (SSSR count). The SMILES string of the molecule is CCCC[n+]1ccccc1CNC(=O)N[C@@H](CC(C)C)C(=O)OC. The van der Waals surface area contributed by atoms with E-state index < -0.39 is 12.0 Å². The van der Waals surface area contributed by atoms with Crippen LogP contribution in [0.15, 0.2) is 24.4 Å². The second kappa shape index (κ2) is 10.6. The van der Waals surface area contributed by atoms with Crippen molar-refractivity contribution in [3.63, 3.8) is 0 Å². The molecule has 1 aromatic heterocycles. The number of aryl methyl sites for hydroxylation is 1. The van der Waals surface area contributed by atoms with Gasteiger partial charge in [0.05, 0.1) is 7.11 Å². The number of hydrogen-bond acceptors (Lipinski definition) is 3. The van der Waals surface area contributed by atoms with E-state index in [-0.39, 0.29) is 11.9 Å².